The number of fused-ring (bicyclic) bond motifs is 1. The van der Waals surface area contributed by atoms with Crippen LogP contribution in [-0.4, -0.2) is 20.5 Å². The molecule has 0 amide bonds. The fourth-order valence-electron chi connectivity index (χ4n) is 3.36. The van der Waals surface area contributed by atoms with Gasteiger partial charge in [-0.2, -0.15) is 0 Å². The van der Waals surface area contributed by atoms with Gasteiger partial charge in [0, 0.05) is 20.9 Å². The highest BCUT2D eigenvalue weighted by molar-refractivity contribution is 9.10. The van der Waals surface area contributed by atoms with Crippen LogP contribution in [-0.2, 0) is 22.6 Å². The highest BCUT2D eigenvalue weighted by Gasteiger charge is 2.18. The average molecular weight is 528 g/mol. The number of nitrogens with zero attached hydrogens (tertiary/aromatic N) is 3. The summed E-state index contributed by atoms with van der Waals surface area (Å²) in [7, 11) is 0. The van der Waals surface area contributed by atoms with Crippen LogP contribution in [0.1, 0.15) is 11.5 Å². The molecular formula is C23H15BrFN3O2S2. The molecule has 0 N–H and O–H groups in total. The summed E-state index contributed by atoms with van der Waals surface area (Å²) in [6.07, 6.45) is 0.0585. The first-order chi connectivity index (χ1) is 15.6. The van der Waals surface area contributed by atoms with Gasteiger partial charge in [-0.25, -0.2) is 14.4 Å². The molecule has 0 aliphatic rings. The Kier molecular flexibility index (Phi) is 5.86. The second-order valence-electron chi connectivity index (χ2n) is 6.92. The van der Waals surface area contributed by atoms with E-state index in [-0.39, 0.29) is 18.8 Å². The highest BCUT2D eigenvalue weighted by atomic mass is 79.9. The van der Waals surface area contributed by atoms with Crippen LogP contribution >= 0.6 is 38.6 Å². The number of rotatable bonds is 6. The Hall–Kier alpha value is -2.88. The number of carbonyl (C=O) groups is 1. The standard InChI is InChI=1S/C23H15BrFN3O2S2/c24-14-9-19(31-12-14)23-26-15(13-32-23)10-21(29)30-11-20-27-18-8-4-7-17(25)22(18)28(20)16-5-2-1-3-6-16/h1-9,12-13H,10-11H2. The minimum Gasteiger partial charge on any atom is -0.457 e. The van der Waals surface area contributed by atoms with E-state index in [2.05, 4.69) is 25.9 Å². The van der Waals surface area contributed by atoms with Crippen molar-refractivity contribution in [1.82, 2.24) is 14.5 Å². The van der Waals surface area contributed by atoms with Gasteiger partial charge in [0.15, 0.2) is 5.82 Å². The molecule has 0 unspecified atom stereocenters. The summed E-state index contributed by atoms with van der Waals surface area (Å²) in [5.74, 6) is -0.347. The average Bonchev–Trinajstić information content (AvgIpc) is 3.51. The van der Waals surface area contributed by atoms with Crippen molar-refractivity contribution in [2.75, 3.05) is 0 Å². The molecule has 2 aromatic carbocycles. The number of imidazole rings is 1. The Bertz CT molecular complexity index is 1410. The second kappa shape index (κ2) is 8.93. The molecule has 160 valence electrons. The fourth-order valence-corrected chi connectivity index (χ4v) is 5.68. The molecule has 3 aromatic heterocycles. The van der Waals surface area contributed by atoms with Crippen molar-refractivity contribution in [3.63, 3.8) is 0 Å². The van der Waals surface area contributed by atoms with Crippen LogP contribution in [0.4, 0.5) is 4.39 Å². The minimum absolute atomic E-state index is 0.0585. The smallest absolute Gasteiger partial charge is 0.312 e. The van der Waals surface area contributed by atoms with Gasteiger partial charge in [0.2, 0.25) is 0 Å². The van der Waals surface area contributed by atoms with Crippen LogP contribution in [0.15, 0.2) is 69.8 Å². The predicted molar refractivity (Wildman–Crippen MR) is 128 cm³/mol. The third-order valence-corrected chi connectivity index (χ3v) is 7.48. The SMILES string of the molecule is O=C(Cc1csc(-c2cc(Br)cs2)n1)OCc1nc2cccc(F)c2n1-c1ccccc1. The summed E-state index contributed by atoms with van der Waals surface area (Å²) in [6.45, 7) is -0.0727. The number of esters is 1. The Morgan fingerprint density at radius 3 is 2.69 bits per heavy atom. The number of benzene rings is 2. The maximum atomic E-state index is 14.6. The van der Waals surface area contributed by atoms with E-state index in [0.29, 0.717) is 22.6 Å². The fraction of sp³-hybridized carbons (Fsp3) is 0.0870. The molecule has 0 saturated heterocycles. The summed E-state index contributed by atoms with van der Waals surface area (Å²) in [6, 6.07) is 16.1. The van der Waals surface area contributed by atoms with E-state index >= 15 is 0 Å². The molecule has 5 aromatic rings. The van der Waals surface area contributed by atoms with Crippen LogP contribution < -0.4 is 0 Å². The quantitative estimate of drug-likeness (QED) is 0.240. The number of hydrogen-bond acceptors (Lipinski definition) is 6. The lowest BCUT2D eigenvalue weighted by atomic mass is 10.2. The normalized spacial score (nSPS) is 11.2. The van der Waals surface area contributed by atoms with Crippen molar-refractivity contribution >= 4 is 55.6 Å². The first-order valence-corrected chi connectivity index (χ1v) is 12.2. The lowest BCUT2D eigenvalue weighted by Gasteiger charge is -2.10. The first-order valence-electron chi connectivity index (χ1n) is 9.64. The third kappa shape index (κ3) is 4.23. The van der Waals surface area contributed by atoms with Crippen molar-refractivity contribution in [1.29, 1.82) is 0 Å². The Morgan fingerprint density at radius 2 is 1.91 bits per heavy atom. The van der Waals surface area contributed by atoms with E-state index in [4.69, 9.17) is 4.74 Å². The number of ether oxygens (including phenoxy) is 1. The minimum atomic E-state index is -0.415. The largest absolute Gasteiger partial charge is 0.457 e. The molecular weight excluding hydrogens is 513 g/mol. The molecule has 32 heavy (non-hydrogen) atoms. The third-order valence-electron chi connectivity index (χ3n) is 4.73. The monoisotopic (exact) mass is 527 g/mol. The number of para-hydroxylation sites is 2. The van der Waals surface area contributed by atoms with E-state index in [9.17, 15) is 9.18 Å². The van der Waals surface area contributed by atoms with Gasteiger partial charge in [0.1, 0.15) is 22.9 Å². The number of thiazole rings is 1. The van der Waals surface area contributed by atoms with E-state index in [1.165, 1.54) is 17.4 Å². The van der Waals surface area contributed by atoms with Gasteiger partial charge in [-0.1, -0.05) is 24.3 Å². The molecule has 0 spiro atoms. The zero-order valence-corrected chi connectivity index (χ0v) is 19.7. The number of carbonyl (C=O) groups excluding carboxylic acids is 1. The van der Waals surface area contributed by atoms with Crippen LogP contribution in [0.2, 0.25) is 0 Å². The van der Waals surface area contributed by atoms with Gasteiger partial charge in [-0.3, -0.25) is 9.36 Å². The summed E-state index contributed by atoms with van der Waals surface area (Å²) in [5, 5.41) is 4.72. The zero-order chi connectivity index (χ0) is 22.1. The number of aromatic nitrogens is 3. The van der Waals surface area contributed by atoms with E-state index in [1.54, 1.807) is 28.0 Å². The van der Waals surface area contributed by atoms with Gasteiger partial charge in [-0.05, 0) is 46.3 Å². The van der Waals surface area contributed by atoms with Gasteiger partial charge >= 0.3 is 5.97 Å². The van der Waals surface area contributed by atoms with E-state index < -0.39 is 5.97 Å². The van der Waals surface area contributed by atoms with Crippen molar-refractivity contribution < 1.29 is 13.9 Å². The van der Waals surface area contributed by atoms with Crippen molar-refractivity contribution in [2.45, 2.75) is 13.0 Å². The molecule has 0 atom stereocenters. The maximum Gasteiger partial charge on any atom is 0.312 e. The summed E-state index contributed by atoms with van der Waals surface area (Å²) in [4.78, 5) is 22.6. The second-order valence-corrected chi connectivity index (χ2v) is 9.60. The molecule has 5 nitrogen and oxygen atoms in total. The van der Waals surface area contributed by atoms with Gasteiger partial charge in [0.05, 0.1) is 22.5 Å². The van der Waals surface area contributed by atoms with Crippen LogP contribution in [0.3, 0.4) is 0 Å². The maximum absolute atomic E-state index is 14.6. The zero-order valence-electron chi connectivity index (χ0n) is 16.5. The number of hydrogen-bond donors (Lipinski definition) is 0. The van der Waals surface area contributed by atoms with Crippen molar-refractivity contribution in [3.8, 4) is 15.6 Å². The van der Waals surface area contributed by atoms with Crippen LogP contribution in [0.25, 0.3) is 26.6 Å². The molecule has 0 fully saturated rings. The summed E-state index contributed by atoms with van der Waals surface area (Å²) >= 11 is 6.52. The van der Waals surface area contributed by atoms with Gasteiger partial charge < -0.3 is 4.74 Å². The first kappa shape index (κ1) is 21.0. The predicted octanol–water partition coefficient (Wildman–Crippen LogP) is 6.40. The summed E-state index contributed by atoms with van der Waals surface area (Å²) in [5.41, 5.74) is 2.27. The van der Waals surface area contributed by atoms with Crippen molar-refractivity contribution in [3.05, 3.63) is 87.2 Å². The molecule has 5 rings (SSSR count). The Morgan fingerprint density at radius 1 is 1.06 bits per heavy atom. The number of halogens is 2. The Labute approximate surface area is 199 Å². The van der Waals surface area contributed by atoms with E-state index in [1.807, 2.05) is 47.2 Å². The molecule has 3 heterocycles. The molecule has 0 radical (unpaired) electrons. The molecule has 0 aliphatic heterocycles. The van der Waals surface area contributed by atoms with Gasteiger partial charge in [-0.15, -0.1) is 22.7 Å². The Balaban J connectivity index is 1.35. The lowest BCUT2D eigenvalue weighted by Crippen LogP contribution is -2.11. The summed E-state index contributed by atoms with van der Waals surface area (Å²) < 4.78 is 22.8. The molecule has 9 heteroatoms. The van der Waals surface area contributed by atoms with Crippen LogP contribution in [0.5, 0.6) is 0 Å². The molecule has 0 aliphatic carbocycles. The lowest BCUT2D eigenvalue weighted by molar-refractivity contribution is -0.144. The van der Waals surface area contributed by atoms with Crippen LogP contribution in [0, 0.1) is 5.82 Å². The van der Waals surface area contributed by atoms with Gasteiger partial charge in [0.25, 0.3) is 0 Å². The highest BCUT2D eigenvalue weighted by Crippen LogP contribution is 2.32. The molecule has 0 bridgehead atoms. The molecule has 0 saturated carbocycles. The van der Waals surface area contributed by atoms with Crippen molar-refractivity contribution in [2.24, 2.45) is 0 Å². The number of thiophene rings is 1. The topological polar surface area (TPSA) is 57.0 Å². The van der Waals surface area contributed by atoms with E-state index in [0.717, 1.165) is 20.0 Å².